The molecule has 0 unspecified atom stereocenters. The van der Waals surface area contributed by atoms with Crippen molar-refractivity contribution in [3.63, 3.8) is 0 Å². The first-order chi connectivity index (χ1) is 11.8. The fourth-order valence-corrected chi connectivity index (χ4v) is 2.92. The summed E-state index contributed by atoms with van der Waals surface area (Å²) in [7, 11) is 0. The summed E-state index contributed by atoms with van der Waals surface area (Å²) >= 11 is 0. The lowest BCUT2D eigenvalue weighted by atomic mass is 9.85. The Kier molecular flexibility index (Phi) is 12.8. The van der Waals surface area contributed by atoms with Crippen LogP contribution in [-0.4, -0.2) is 30.0 Å². The van der Waals surface area contributed by atoms with Crippen molar-refractivity contribution in [1.29, 1.82) is 0 Å². The molecule has 0 radical (unpaired) electrons. The molecule has 0 atom stereocenters. The van der Waals surface area contributed by atoms with E-state index in [4.69, 9.17) is 11.5 Å². The van der Waals surface area contributed by atoms with Gasteiger partial charge < -0.3 is 11.5 Å². The number of rotatable bonds is 6. The zero-order valence-corrected chi connectivity index (χ0v) is 17.9. The molecule has 2 fully saturated rings. The van der Waals surface area contributed by atoms with Gasteiger partial charge in [-0.1, -0.05) is 23.3 Å². The molecule has 8 nitrogen and oxygen atoms in total. The molecule has 0 aromatic carbocycles. The van der Waals surface area contributed by atoms with E-state index in [0.29, 0.717) is 13.1 Å². The van der Waals surface area contributed by atoms with Gasteiger partial charge in [-0.05, 0) is 37.5 Å². The third-order valence-corrected chi connectivity index (χ3v) is 4.93. The smallest absolute Gasteiger partial charge is 0.0962 e. The molecule has 4 rings (SSSR count). The maximum Gasteiger partial charge on any atom is 0.0962 e. The summed E-state index contributed by atoms with van der Waals surface area (Å²) < 4.78 is 3.82. The standard InChI is InChI=1S/2C8H14N4.3ClH/c2*9-4-8-6-12(11-10-8)5-7-2-1-3-7;;;/h2*6-7H,1-5,9H2;3*1H. The number of halogens is 3. The molecule has 0 amide bonds. The zero-order chi connectivity index (χ0) is 16.8. The zero-order valence-electron chi connectivity index (χ0n) is 15.4. The van der Waals surface area contributed by atoms with E-state index in [1.807, 2.05) is 21.8 Å². The third kappa shape index (κ3) is 7.91. The van der Waals surface area contributed by atoms with E-state index in [1.165, 1.54) is 38.5 Å². The Bertz CT molecular complexity index is 570. The van der Waals surface area contributed by atoms with E-state index in [-0.39, 0.29) is 37.2 Å². The van der Waals surface area contributed by atoms with Crippen molar-refractivity contribution in [2.24, 2.45) is 23.3 Å². The summed E-state index contributed by atoms with van der Waals surface area (Å²) in [5.74, 6) is 1.66. The first-order valence-corrected chi connectivity index (χ1v) is 8.95. The van der Waals surface area contributed by atoms with Gasteiger partial charge in [-0.25, -0.2) is 0 Å². The van der Waals surface area contributed by atoms with Gasteiger partial charge in [0.05, 0.1) is 11.4 Å². The van der Waals surface area contributed by atoms with Gasteiger partial charge in [-0.3, -0.25) is 9.36 Å². The highest BCUT2D eigenvalue weighted by atomic mass is 35.5. The average molecular weight is 442 g/mol. The van der Waals surface area contributed by atoms with Crippen molar-refractivity contribution in [2.75, 3.05) is 0 Å². The Labute approximate surface area is 179 Å². The van der Waals surface area contributed by atoms with Crippen molar-refractivity contribution >= 4 is 37.2 Å². The second kappa shape index (κ2) is 13.3. The number of aromatic nitrogens is 6. The number of nitrogens with zero attached hydrogens (tertiary/aromatic N) is 6. The lowest BCUT2D eigenvalue weighted by Gasteiger charge is -2.24. The highest BCUT2D eigenvalue weighted by Gasteiger charge is 2.18. The first-order valence-electron chi connectivity index (χ1n) is 8.95. The molecule has 2 saturated carbocycles. The molecule has 2 aliphatic carbocycles. The lowest BCUT2D eigenvalue weighted by Crippen LogP contribution is -2.18. The van der Waals surface area contributed by atoms with Gasteiger partial charge in [0, 0.05) is 38.6 Å². The van der Waals surface area contributed by atoms with E-state index >= 15 is 0 Å². The largest absolute Gasteiger partial charge is 0.325 e. The quantitative estimate of drug-likeness (QED) is 0.711. The maximum atomic E-state index is 5.42. The molecule has 156 valence electrons. The predicted octanol–water partition coefficient (Wildman–Crippen LogP) is 2.34. The van der Waals surface area contributed by atoms with Gasteiger partial charge in [0.2, 0.25) is 0 Å². The molecular weight excluding hydrogens is 411 g/mol. The van der Waals surface area contributed by atoms with Crippen molar-refractivity contribution in [3.8, 4) is 0 Å². The summed E-state index contributed by atoms with van der Waals surface area (Å²) in [6.45, 7) is 3.02. The number of nitrogens with two attached hydrogens (primary N) is 2. The van der Waals surface area contributed by atoms with Crippen LogP contribution in [0.1, 0.15) is 49.9 Å². The molecule has 0 bridgehead atoms. The molecule has 2 aliphatic rings. The van der Waals surface area contributed by atoms with Crippen LogP contribution in [0.5, 0.6) is 0 Å². The fourth-order valence-electron chi connectivity index (χ4n) is 2.92. The van der Waals surface area contributed by atoms with Crippen LogP contribution in [0.15, 0.2) is 12.4 Å². The summed E-state index contributed by atoms with van der Waals surface area (Å²) in [4.78, 5) is 0. The van der Waals surface area contributed by atoms with Crippen molar-refractivity contribution < 1.29 is 0 Å². The van der Waals surface area contributed by atoms with Crippen LogP contribution >= 0.6 is 37.2 Å². The molecule has 0 saturated heterocycles. The third-order valence-electron chi connectivity index (χ3n) is 4.93. The highest BCUT2D eigenvalue weighted by molar-refractivity contribution is 5.86. The SMILES string of the molecule is Cl.Cl.Cl.NCc1cn(CC2CCC2)nn1.NCc1cn(CC2CCC2)nn1. The van der Waals surface area contributed by atoms with Gasteiger partial charge in [0.15, 0.2) is 0 Å². The second-order valence-electron chi connectivity index (χ2n) is 6.87. The van der Waals surface area contributed by atoms with Crippen LogP contribution in [0, 0.1) is 11.8 Å². The fraction of sp³-hybridized carbons (Fsp3) is 0.750. The maximum absolute atomic E-state index is 5.42. The summed E-state index contributed by atoms with van der Waals surface area (Å²) in [6, 6.07) is 0. The minimum atomic E-state index is 0. The van der Waals surface area contributed by atoms with E-state index in [9.17, 15) is 0 Å². The van der Waals surface area contributed by atoms with Gasteiger partial charge in [-0.2, -0.15) is 0 Å². The molecule has 0 aliphatic heterocycles. The van der Waals surface area contributed by atoms with Gasteiger partial charge in [-0.15, -0.1) is 47.4 Å². The summed E-state index contributed by atoms with van der Waals surface area (Å²) in [5, 5.41) is 15.9. The lowest BCUT2D eigenvalue weighted by molar-refractivity contribution is 0.264. The molecule has 0 spiro atoms. The van der Waals surface area contributed by atoms with E-state index in [1.54, 1.807) is 0 Å². The molecule has 2 heterocycles. The number of hydrogen-bond acceptors (Lipinski definition) is 6. The normalized spacial score (nSPS) is 15.8. The molecular formula is C16H31Cl3N8. The Balaban J connectivity index is 0.000000451. The van der Waals surface area contributed by atoms with Gasteiger partial charge in [0.1, 0.15) is 0 Å². The van der Waals surface area contributed by atoms with Gasteiger partial charge in [0.25, 0.3) is 0 Å². The van der Waals surface area contributed by atoms with Crippen LogP contribution < -0.4 is 11.5 Å². The van der Waals surface area contributed by atoms with Crippen molar-refractivity contribution in [2.45, 2.75) is 64.7 Å². The minimum Gasteiger partial charge on any atom is -0.325 e. The van der Waals surface area contributed by atoms with Crippen LogP contribution in [-0.2, 0) is 26.2 Å². The Morgan fingerprint density at radius 2 is 1.11 bits per heavy atom. The molecule has 11 heteroatoms. The number of hydrogen-bond donors (Lipinski definition) is 2. The molecule has 2 aromatic rings. The highest BCUT2D eigenvalue weighted by Crippen LogP contribution is 2.28. The van der Waals surface area contributed by atoms with Crippen molar-refractivity contribution in [3.05, 3.63) is 23.8 Å². The van der Waals surface area contributed by atoms with Crippen LogP contribution in [0.2, 0.25) is 0 Å². The van der Waals surface area contributed by atoms with Crippen molar-refractivity contribution in [1.82, 2.24) is 30.0 Å². The second-order valence-corrected chi connectivity index (χ2v) is 6.87. The molecule has 27 heavy (non-hydrogen) atoms. The first kappa shape index (κ1) is 26.1. The summed E-state index contributed by atoms with van der Waals surface area (Å²) in [5.41, 5.74) is 12.6. The van der Waals surface area contributed by atoms with E-state index in [0.717, 1.165) is 36.3 Å². The monoisotopic (exact) mass is 440 g/mol. The van der Waals surface area contributed by atoms with E-state index in [2.05, 4.69) is 20.6 Å². The minimum absolute atomic E-state index is 0. The van der Waals surface area contributed by atoms with Gasteiger partial charge >= 0.3 is 0 Å². The Hall–Kier alpha value is -0.930. The predicted molar refractivity (Wildman–Crippen MR) is 112 cm³/mol. The van der Waals surface area contributed by atoms with Crippen LogP contribution in [0.3, 0.4) is 0 Å². The molecule has 4 N–H and O–H groups in total. The summed E-state index contributed by atoms with van der Waals surface area (Å²) in [6.07, 6.45) is 12.0. The van der Waals surface area contributed by atoms with E-state index < -0.39 is 0 Å². The Morgan fingerprint density at radius 1 is 0.741 bits per heavy atom. The van der Waals surface area contributed by atoms with Crippen LogP contribution in [0.4, 0.5) is 0 Å². The molecule has 2 aromatic heterocycles. The van der Waals surface area contributed by atoms with Crippen LogP contribution in [0.25, 0.3) is 0 Å². The topological polar surface area (TPSA) is 113 Å². The Morgan fingerprint density at radius 3 is 1.33 bits per heavy atom. The average Bonchev–Trinajstić information content (AvgIpc) is 3.16.